The number of nitrogens with one attached hydrogen (secondary N) is 1. The molecule has 2 heteroatoms. The molecule has 1 N–H and O–H groups in total. The molecule has 0 spiro atoms. The molecule has 0 radical (unpaired) electrons. The topological polar surface area (TPSA) is 29.1 Å². The zero-order valence-electron chi connectivity index (χ0n) is 9.31. The Hall–Kier alpha value is -0.790. The fourth-order valence-electron chi connectivity index (χ4n) is 2.33. The first kappa shape index (κ1) is 11.3. The van der Waals surface area contributed by atoms with Crippen molar-refractivity contribution in [2.75, 3.05) is 0 Å². The van der Waals surface area contributed by atoms with Crippen molar-refractivity contribution in [3.63, 3.8) is 0 Å². The van der Waals surface area contributed by atoms with Gasteiger partial charge in [0.2, 0.25) is 5.91 Å². The van der Waals surface area contributed by atoms with Crippen LogP contribution in [0.5, 0.6) is 0 Å². The number of hydrogen-bond acceptors (Lipinski definition) is 1. The molecule has 0 unspecified atom stereocenters. The van der Waals surface area contributed by atoms with Crippen molar-refractivity contribution in [1.29, 1.82) is 0 Å². The molecule has 1 saturated carbocycles. The Bertz CT molecular complexity index is 214. The molecule has 1 rings (SSSR count). The molecule has 1 aliphatic carbocycles. The maximum atomic E-state index is 11.4. The first-order valence-electron chi connectivity index (χ1n) is 5.55. The number of carbonyl (C=O) groups is 1. The molecule has 2 nitrogen and oxygen atoms in total. The summed E-state index contributed by atoms with van der Waals surface area (Å²) in [6.07, 6.45) is 7.37. The van der Waals surface area contributed by atoms with Gasteiger partial charge in [-0.25, -0.2) is 0 Å². The summed E-state index contributed by atoms with van der Waals surface area (Å²) in [5.41, 5.74) is 0.0313. The normalized spacial score (nSPS) is 20.5. The lowest BCUT2D eigenvalue weighted by molar-refractivity contribution is -0.119. The van der Waals surface area contributed by atoms with Gasteiger partial charge in [-0.2, -0.15) is 0 Å². The van der Waals surface area contributed by atoms with Crippen molar-refractivity contribution in [3.05, 3.63) is 12.7 Å². The van der Waals surface area contributed by atoms with Crippen molar-refractivity contribution in [2.45, 2.75) is 51.5 Å². The summed E-state index contributed by atoms with van der Waals surface area (Å²) >= 11 is 0. The van der Waals surface area contributed by atoms with Gasteiger partial charge in [-0.15, -0.1) is 0 Å². The van der Waals surface area contributed by atoms with Gasteiger partial charge in [0.05, 0.1) is 0 Å². The summed E-state index contributed by atoms with van der Waals surface area (Å²) in [6, 6.07) is 0. The van der Waals surface area contributed by atoms with E-state index >= 15 is 0 Å². The molecule has 0 aromatic rings. The number of hydrogen-bond donors (Lipinski definition) is 1. The fraction of sp³-hybridized carbons (Fsp3) is 0.750. The summed E-state index contributed by atoms with van der Waals surface area (Å²) in [4.78, 5) is 11.4. The third-order valence-corrected chi connectivity index (χ3v) is 3.41. The highest BCUT2D eigenvalue weighted by Gasteiger charge is 2.35. The standard InChI is InChI=1S/C12H21NO/c1-4-11(14)13-12(10(2)3)8-6-5-7-9-12/h4,10H,1,5-9H2,2-3H3,(H,13,14). The molecule has 80 valence electrons. The number of carbonyl (C=O) groups excluding carboxylic acids is 1. The number of amides is 1. The quantitative estimate of drug-likeness (QED) is 0.689. The Morgan fingerprint density at radius 2 is 1.93 bits per heavy atom. The third-order valence-electron chi connectivity index (χ3n) is 3.41. The van der Waals surface area contributed by atoms with Crippen LogP contribution in [0.15, 0.2) is 12.7 Å². The average molecular weight is 195 g/mol. The van der Waals surface area contributed by atoms with Gasteiger partial charge in [-0.3, -0.25) is 4.79 Å². The second kappa shape index (κ2) is 4.63. The van der Waals surface area contributed by atoms with E-state index in [0.29, 0.717) is 5.92 Å². The Kier molecular flexibility index (Phi) is 3.73. The molecule has 0 aromatic carbocycles. The summed E-state index contributed by atoms with van der Waals surface area (Å²) in [5.74, 6) is 0.479. The summed E-state index contributed by atoms with van der Waals surface area (Å²) in [5, 5.41) is 3.12. The van der Waals surface area contributed by atoms with Crippen LogP contribution in [0.1, 0.15) is 46.0 Å². The fourth-order valence-corrected chi connectivity index (χ4v) is 2.33. The van der Waals surface area contributed by atoms with Crippen LogP contribution in [0.4, 0.5) is 0 Å². The Labute approximate surface area is 86.8 Å². The zero-order valence-corrected chi connectivity index (χ0v) is 9.31. The van der Waals surface area contributed by atoms with Crippen molar-refractivity contribution in [1.82, 2.24) is 5.32 Å². The lowest BCUT2D eigenvalue weighted by Crippen LogP contribution is -2.53. The van der Waals surface area contributed by atoms with Gasteiger partial charge in [0.25, 0.3) is 0 Å². The van der Waals surface area contributed by atoms with Crippen LogP contribution in [0.25, 0.3) is 0 Å². The maximum Gasteiger partial charge on any atom is 0.243 e. The SMILES string of the molecule is C=CC(=O)NC1(C(C)C)CCCCC1. The molecule has 0 bridgehead atoms. The predicted molar refractivity (Wildman–Crippen MR) is 59.0 cm³/mol. The van der Waals surface area contributed by atoms with Gasteiger partial charge in [0, 0.05) is 5.54 Å². The molecular weight excluding hydrogens is 174 g/mol. The van der Waals surface area contributed by atoms with E-state index in [1.165, 1.54) is 25.3 Å². The van der Waals surface area contributed by atoms with E-state index in [0.717, 1.165) is 12.8 Å². The molecular formula is C12H21NO. The summed E-state index contributed by atoms with van der Waals surface area (Å²) in [7, 11) is 0. The Morgan fingerprint density at radius 3 is 2.36 bits per heavy atom. The molecule has 0 atom stereocenters. The Morgan fingerprint density at radius 1 is 1.36 bits per heavy atom. The predicted octanol–water partition coefficient (Wildman–Crippen LogP) is 2.65. The molecule has 0 aliphatic heterocycles. The zero-order chi connectivity index (χ0) is 10.6. The van der Waals surface area contributed by atoms with E-state index in [1.807, 2.05) is 0 Å². The highest BCUT2D eigenvalue weighted by Crippen LogP contribution is 2.34. The number of rotatable bonds is 3. The molecule has 0 heterocycles. The van der Waals surface area contributed by atoms with Crippen LogP contribution in [0.3, 0.4) is 0 Å². The largest absolute Gasteiger partial charge is 0.347 e. The van der Waals surface area contributed by atoms with E-state index < -0.39 is 0 Å². The molecule has 1 amide bonds. The van der Waals surface area contributed by atoms with Gasteiger partial charge in [0.1, 0.15) is 0 Å². The van der Waals surface area contributed by atoms with E-state index in [-0.39, 0.29) is 11.4 Å². The molecule has 1 aliphatic rings. The van der Waals surface area contributed by atoms with Crippen molar-refractivity contribution >= 4 is 5.91 Å². The minimum Gasteiger partial charge on any atom is -0.347 e. The van der Waals surface area contributed by atoms with Crippen LogP contribution >= 0.6 is 0 Å². The van der Waals surface area contributed by atoms with Crippen LogP contribution in [0, 0.1) is 5.92 Å². The highest BCUT2D eigenvalue weighted by molar-refractivity contribution is 5.87. The van der Waals surface area contributed by atoms with Crippen molar-refractivity contribution < 1.29 is 4.79 Å². The maximum absolute atomic E-state index is 11.4. The van der Waals surface area contributed by atoms with Crippen LogP contribution < -0.4 is 5.32 Å². The monoisotopic (exact) mass is 195 g/mol. The van der Waals surface area contributed by atoms with Crippen molar-refractivity contribution in [2.24, 2.45) is 5.92 Å². The highest BCUT2D eigenvalue weighted by atomic mass is 16.1. The van der Waals surface area contributed by atoms with Gasteiger partial charge < -0.3 is 5.32 Å². The summed E-state index contributed by atoms with van der Waals surface area (Å²) < 4.78 is 0. The Balaban J connectivity index is 2.70. The average Bonchev–Trinajstić information content (AvgIpc) is 2.19. The van der Waals surface area contributed by atoms with Crippen molar-refractivity contribution in [3.8, 4) is 0 Å². The lowest BCUT2D eigenvalue weighted by atomic mass is 9.74. The molecule has 14 heavy (non-hydrogen) atoms. The third kappa shape index (κ3) is 2.37. The minimum atomic E-state index is -0.0272. The van der Waals surface area contributed by atoms with Gasteiger partial charge >= 0.3 is 0 Å². The first-order chi connectivity index (χ1) is 6.60. The van der Waals surface area contributed by atoms with E-state index in [2.05, 4.69) is 25.7 Å². The first-order valence-corrected chi connectivity index (χ1v) is 5.55. The van der Waals surface area contributed by atoms with E-state index in [4.69, 9.17) is 0 Å². The lowest BCUT2D eigenvalue weighted by Gasteiger charge is -2.41. The minimum absolute atomic E-state index is 0.0272. The van der Waals surface area contributed by atoms with Gasteiger partial charge in [0.15, 0.2) is 0 Å². The second-order valence-corrected chi connectivity index (χ2v) is 4.56. The van der Waals surface area contributed by atoms with Gasteiger partial charge in [-0.1, -0.05) is 39.7 Å². The van der Waals surface area contributed by atoms with Gasteiger partial charge in [-0.05, 0) is 24.8 Å². The van der Waals surface area contributed by atoms with Crippen LogP contribution in [0.2, 0.25) is 0 Å². The second-order valence-electron chi connectivity index (χ2n) is 4.56. The molecule has 1 fully saturated rings. The van der Waals surface area contributed by atoms with E-state index in [9.17, 15) is 4.79 Å². The molecule has 0 saturated heterocycles. The van der Waals surface area contributed by atoms with Crippen LogP contribution in [-0.2, 0) is 4.79 Å². The van der Waals surface area contributed by atoms with Crippen LogP contribution in [-0.4, -0.2) is 11.4 Å². The smallest absolute Gasteiger partial charge is 0.243 e. The summed E-state index contributed by atoms with van der Waals surface area (Å²) in [6.45, 7) is 7.88. The molecule has 0 aromatic heterocycles. The van der Waals surface area contributed by atoms with E-state index in [1.54, 1.807) is 0 Å².